The number of H-pyrrole nitrogens is 1. The summed E-state index contributed by atoms with van der Waals surface area (Å²) in [7, 11) is 2.16. The number of halogens is 1. The van der Waals surface area contributed by atoms with Gasteiger partial charge >= 0.3 is 11.9 Å². The molecule has 0 amide bonds. The molecule has 2 aromatic heterocycles. The van der Waals surface area contributed by atoms with Gasteiger partial charge in [0.1, 0.15) is 5.65 Å². The monoisotopic (exact) mass is 411 g/mol. The van der Waals surface area contributed by atoms with Gasteiger partial charge in [0, 0.05) is 47.0 Å². The van der Waals surface area contributed by atoms with Crippen molar-refractivity contribution >= 4 is 38.9 Å². The maximum atomic E-state index is 9.55. The lowest BCUT2D eigenvalue weighted by Gasteiger charge is -2.20. The summed E-state index contributed by atoms with van der Waals surface area (Å²) in [4.78, 5) is 29.0. The van der Waals surface area contributed by atoms with Crippen LogP contribution in [0.25, 0.3) is 11.0 Å². The number of aromatic nitrogens is 2. The summed E-state index contributed by atoms with van der Waals surface area (Å²) in [5.74, 6) is -2.51. The zero-order valence-electron chi connectivity index (χ0n) is 14.4. The fraction of sp³-hybridized carbons (Fsp3) is 0.353. The van der Waals surface area contributed by atoms with Crippen LogP contribution in [0.1, 0.15) is 19.4 Å². The molecule has 0 aliphatic heterocycles. The number of aliphatic carboxylic acids is 2. The SMILES string of the molecule is CC(C)N(C)CCc1c[nH]c2ncc(Br)cc12.O=C(O)/C=C/C(=O)O. The number of carboxylic acid groups (broad SMARTS) is 2. The molecule has 0 bridgehead atoms. The molecule has 0 aliphatic carbocycles. The average molecular weight is 412 g/mol. The maximum absolute atomic E-state index is 9.55. The quantitative estimate of drug-likeness (QED) is 0.630. The molecular weight excluding hydrogens is 390 g/mol. The highest BCUT2D eigenvalue weighted by molar-refractivity contribution is 9.10. The number of likely N-dealkylation sites (N-methyl/N-ethyl adjacent to an activating group) is 1. The van der Waals surface area contributed by atoms with Crippen molar-refractivity contribution in [2.45, 2.75) is 26.3 Å². The lowest BCUT2D eigenvalue weighted by molar-refractivity contribution is -0.134. The molecule has 0 unspecified atom stereocenters. The van der Waals surface area contributed by atoms with E-state index in [0.717, 1.165) is 23.1 Å². The van der Waals surface area contributed by atoms with Crippen LogP contribution in [0.3, 0.4) is 0 Å². The van der Waals surface area contributed by atoms with Gasteiger partial charge in [0.2, 0.25) is 0 Å². The lowest BCUT2D eigenvalue weighted by Crippen LogP contribution is -2.28. The highest BCUT2D eigenvalue weighted by Gasteiger charge is 2.08. The van der Waals surface area contributed by atoms with Crippen molar-refractivity contribution in [3.63, 3.8) is 0 Å². The molecule has 0 saturated heterocycles. The smallest absolute Gasteiger partial charge is 0.328 e. The molecule has 25 heavy (non-hydrogen) atoms. The van der Waals surface area contributed by atoms with E-state index in [1.165, 1.54) is 10.9 Å². The number of rotatable bonds is 6. The highest BCUT2D eigenvalue weighted by Crippen LogP contribution is 2.21. The van der Waals surface area contributed by atoms with Gasteiger partial charge in [-0.15, -0.1) is 0 Å². The molecule has 3 N–H and O–H groups in total. The Morgan fingerprint density at radius 1 is 1.32 bits per heavy atom. The van der Waals surface area contributed by atoms with Gasteiger partial charge < -0.3 is 20.1 Å². The maximum Gasteiger partial charge on any atom is 0.328 e. The number of hydrogen-bond donors (Lipinski definition) is 3. The van der Waals surface area contributed by atoms with Crippen LogP contribution in [0.5, 0.6) is 0 Å². The summed E-state index contributed by atoms with van der Waals surface area (Å²) in [6.45, 7) is 5.50. The van der Waals surface area contributed by atoms with E-state index in [-0.39, 0.29) is 0 Å². The molecule has 7 nitrogen and oxygen atoms in total. The predicted molar refractivity (Wildman–Crippen MR) is 99.7 cm³/mol. The summed E-state index contributed by atoms with van der Waals surface area (Å²) in [6, 6.07) is 2.72. The first kappa shape index (κ1) is 20.9. The normalized spacial score (nSPS) is 11.1. The number of carbonyl (C=O) groups is 2. The largest absolute Gasteiger partial charge is 0.478 e. The van der Waals surface area contributed by atoms with Crippen LogP contribution in [0.15, 0.2) is 35.1 Å². The second kappa shape index (κ2) is 9.95. The summed E-state index contributed by atoms with van der Waals surface area (Å²) in [5.41, 5.74) is 2.30. The zero-order chi connectivity index (χ0) is 19.0. The van der Waals surface area contributed by atoms with E-state index in [4.69, 9.17) is 10.2 Å². The van der Waals surface area contributed by atoms with E-state index in [0.29, 0.717) is 18.2 Å². The van der Waals surface area contributed by atoms with Gasteiger partial charge in [0.05, 0.1) is 0 Å². The van der Waals surface area contributed by atoms with Crippen LogP contribution in [-0.4, -0.2) is 56.7 Å². The summed E-state index contributed by atoms with van der Waals surface area (Å²) >= 11 is 3.47. The molecule has 136 valence electrons. The molecule has 0 aromatic carbocycles. The van der Waals surface area contributed by atoms with E-state index in [9.17, 15) is 9.59 Å². The second-order valence-corrected chi connectivity index (χ2v) is 6.61. The second-order valence-electron chi connectivity index (χ2n) is 5.70. The van der Waals surface area contributed by atoms with E-state index in [2.05, 4.69) is 64.0 Å². The Morgan fingerprint density at radius 3 is 2.44 bits per heavy atom. The van der Waals surface area contributed by atoms with Crippen molar-refractivity contribution in [3.8, 4) is 0 Å². The summed E-state index contributed by atoms with van der Waals surface area (Å²) < 4.78 is 1.03. The Balaban J connectivity index is 0.000000333. The molecule has 2 aromatic rings. The number of hydrogen-bond acceptors (Lipinski definition) is 4. The standard InChI is InChI=1S/C13H18BrN3.C4H4O4/c1-9(2)17(3)5-4-10-7-15-13-12(10)6-11(14)8-16-13;5-3(6)1-2-4(7)8/h6-9H,4-5H2,1-3H3,(H,15,16);1-2H,(H,5,6)(H,7,8)/b;2-1+. The van der Waals surface area contributed by atoms with Gasteiger partial charge in [-0.05, 0) is 54.9 Å². The minimum Gasteiger partial charge on any atom is -0.478 e. The van der Waals surface area contributed by atoms with Gasteiger partial charge in [-0.3, -0.25) is 0 Å². The van der Waals surface area contributed by atoms with Crippen molar-refractivity contribution < 1.29 is 19.8 Å². The van der Waals surface area contributed by atoms with Crippen LogP contribution < -0.4 is 0 Å². The number of pyridine rings is 1. The molecule has 2 rings (SSSR count). The fourth-order valence-electron chi connectivity index (χ4n) is 1.94. The summed E-state index contributed by atoms with van der Waals surface area (Å²) in [5, 5.41) is 16.8. The van der Waals surface area contributed by atoms with Crippen LogP contribution in [0.2, 0.25) is 0 Å². The minimum absolute atomic E-state index is 0.558. The lowest BCUT2D eigenvalue weighted by atomic mass is 10.1. The van der Waals surface area contributed by atoms with Crippen molar-refractivity contribution in [1.29, 1.82) is 0 Å². The number of nitrogens with one attached hydrogen (secondary N) is 1. The van der Waals surface area contributed by atoms with Crippen LogP contribution in [-0.2, 0) is 16.0 Å². The third kappa shape index (κ3) is 7.49. The van der Waals surface area contributed by atoms with Gasteiger partial charge in [-0.25, -0.2) is 14.6 Å². The molecular formula is C17H22BrN3O4. The van der Waals surface area contributed by atoms with Crippen molar-refractivity contribution in [3.05, 3.63) is 40.6 Å². The van der Waals surface area contributed by atoms with Crippen molar-refractivity contribution in [1.82, 2.24) is 14.9 Å². The first-order valence-electron chi connectivity index (χ1n) is 7.66. The molecule has 0 fully saturated rings. The van der Waals surface area contributed by atoms with Gasteiger partial charge in [0.25, 0.3) is 0 Å². The first-order valence-corrected chi connectivity index (χ1v) is 8.45. The van der Waals surface area contributed by atoms with Gasteiger partial charge in [-0.1, -0.05) is 0 Å². The molecule has 2 heterocycles. The Morgan fingerprint density at radius 2 is 1.92 bits per heavy atom. The Hall–Kier alpha value is -2.19. The van der Waals surface area contributed by atoms with Gasteiger partial charge in [0.15, 0.2) is 0 Å². The average Bonchev–Trinajstić information content (AvgIpc) is 2.93. The Bertz CT molecular complexity index is 739. The third-order valence-electron chi connectivity index (χ3n) is 3.57. The molecule has 0 saturated carbocycles. The molecule has 0 atom stereocenters. The number of aromatic amines is 1. The van der Waals surface area contributed by atoms with Crippen LogP contribution in [0.4, 0.5) is 0 Å². The van der Waals surface area contributed by atoms with E-state index in [1.54, 1.807) is 0 Å². The van der Waals surface area contributed by atoms with E-state index in [1.807, 2.05) is 6.20 Å². The first-order chi connectivity index (χ1) is 11.7. The highest BCUT2D eigenvalue weighted by atomic mass is 79.9. The number of fused-ring (bicyclic) bond motifs is 1. The third-order valence-corrected chi connectivity index (χ3v) is 4.00. The Labute approximate surface area is 154 Å². The van der Waals surface area contributed by atoms with E-state index >= 15 is 0 Å². The summed E-state index contributed by atoms with van der Waals surface area (Å²) in [6.07, 6.45) is 6.05. The number of nitrogens with zero attached hydrogens (tertiary/aromatic N) is 2. The van der Waals surface area contributed by atoms with Gasteiger partial charge in [-0.2, -0.15) is 0 Å². The van der Waals surface area contributed by atoms with Crippen LogP contribution >= 0.6 is 15.9 Å². The van der Waals surface area contributed by atoms with Crippen molar-refractivity contribution in [2.24, 2.45) is 0 Å². The van der Waals surface area contributed by atoms with Crippen molar-refractivity contribution in [2.75, 3.05) is 13.6 Å². The Kier molecular flexibility index (Phi) is 8.30. The molecule has 0 radical (unpaired) electrons. The van der Waals surface area contributed by atoms with Crippen LogP contribution in [0, 0.1) is 0 Å². The molecule has 8 heteroatoms. The molecule has 0 aliphatic rings. The fourth-order valence-corrected chi connectivity index (χ4v) is 2.27. The topological polar surface area (TPSA) is 107 Å². The molecule has 0 spiro atoms. The van der Waals surface area contributed by atoms with E-state index < -0.39 is 11.9 Å². The number of carboxylic acids is 2. The minimum atomic E-state index is -1.26. The predicted octanol–water partition coefficient (Wildman–Crippen LogP) is 2.92. The zero-order valence-corrected chi connectivity index (χ0v) is 15.9.